The van der Waals surface area contributed by atoms with Gasteiger partial charge in [0.25, 0.3) is 0 Å². The van der Waals surface area contributed by atoms with E-state index in [9.17, 15) is 13.2 Å². The van der Waals surface area contributed by atoms with E-state index in [0.717, 1.165) is 11.8 Å². The molecule has 0 unspecified atom stereocenters. The largest absolute Gasteiger partial charge is 0.356 e. The number of aromatic nitrogens is 1. The predicted molar refractivity (Wildman–Crippen MR) is 95.7 cm³/mol. The minimum absolute atomic E-state index is 0.120. The average Bonchev–Trinajstić information content (AvgIpc) is 2.57. The highest BCUT2D eigenvalue weighted by Crippen LogP contribution is 2.23. The number of hydrogen-bond donors (Lipinski definition) is 0. The molecule has 122 valence electrons. The zero-order valence-corrected chi connectivity index (χ0v) is 14.2. The fourth-order valence-electron chi connectivity index (χ4n) is 2.63. The number of rotatable bonds is 3. The lowest BCUT2D eigenvalue weighted by atomic mass is 10.0. The second-order valence-electron chi connectivity index (χ2n) is 5.75. The van der Waals surface area contributed by atoms with Crippen LogP contribution < -0.4 is 5.43 Å². The van der Waals surface area contributed by atoms with Gasteiger partial charge in [0.15, 0.2) is 15.3 Å². The van der Waals surface area contributed by atoms with E-state index in [0.29, 0.717) is 16.7 Å². The van der Waals surface area contributed by atoms with E-state index in [4.69, 9.17) is 0 Å². The first kappa shape index (κ1) is 16.2. The molecule has 1 aromatic heterocycles. The Hall–Kier alpha value is -2.66. The van der Waals surface area contributed by atoms with Gasteiger partial charge in [0, 0.05) is 36.8 Å². The van der Waals surface area contributed by atoms with Crippen LogP contribution >= 0.6 is 0 Å². The molecule has 0 spiro atoms. The summed E-state index contributed by atoms with van der Waals surface area (Å²) < 4.78 is 25.4. The maximum Gasteiger partial charge on any atom is 0.197 e. The zero-order valence-electron chi connectivity index (χ0n) is 13.4. The Morgan fingerprint density at radius 1 is 0.833 bits per heavy atom. The van der Waals surface area contributed by atoms with Crippen LogP contribution in [0.1, 0.15) is 0 Å². The van der Waals surface area contributed by atoms with Crippen LogP contribution in [0.15, 0.2) is 76.7 Å². The van der Waals surface area contributed by atoms with Crippen molar-refractivity contribution in [1.82, 2.24) is 4.57 Å². The molecule has 0 radical (unpaired) electrons. The summed E-state index contributed by atoms with van der Waals surface area (Å²) in [6, 6.07) is 15.9. The molecular formula is C19H17NO3S. The molecule has 0 aliphatic carbocycles. The Bertz CT molecular complexity index is 1050. The Kier molecular flexibility index (Phi) is 4.11. The van der Waals surface area contributed by atoms with Crippen molar-refractivity contribution in [1.29, 1.82) is 0 Å². The van der Waals surface area contributed by atoms with E-state index in [-0.39, 0.29) is 10.3 Å². The lowest BCUT2D eigenvalue weighted by molar-refractivity contribution is 0.602. The third-order valence-corrected chi connectivity index (χ3v) is 4.92. The quantitative estimate of drug-likeness (QED) is 0.737. The predicted octanol–water partition coefficient (Wildman–Crippen LogP) is 3.12. The number of hydrogen-bond acceptors (Lipinski definition) is 3. The molecule has 0 bridgehead atoms. The van der Waals surface area contributed by atoms with Gasteiger partial charge < -0.3 is 4.57 Å². The summed E-state index contributed by atoms with van der Waals surface area (Å²) in [7, 11) is -1.48. The van der Waals surface area contributed by atoms with Crippen LogP contribution in [0.5, 0.6) is 0 Å². The van der Waals surface area contributed by atoms with Crippen molar-refractivity contribution in [2.75, 3.05) is 6.26 Å². The first-order valence-corrected chi connectivity index (χ1v) is 9.31. The van der Waals surface area contributed by atoms with Crippen molar-refractivity contribution in [3.05, 3.63) is 77.2 Å². The van der Waals surface area contributed by atoms with E-state index in [2.05, 4.69) is 0 Å². The van der Waals surface area contributed by atoms with Crippen LogP contribution in [-0.2, 0) is 16.9 Å². The van der Waals surface area contributed by atoms with Gasteiger partial charge >= 0.3 is 0 Å². The molecule has 0 saturated carbocycles. The minimum Gasteiger partial charge on any atom is -0.356 e. The molecule has 24 heavy (non-hydrogen) atoms. The van der Waals surface area contributed by atoms with Crippen molar-refractivity contribution >= 4 is 9.84 Å². The van der Waals surface area contributed by atoms with Gasteiger partial charge in [-0.15, -0.1) is 0 Å². The highest BCUT2D eigenvalue weighted by molar-refractivity contribution is 7.90. The molecule has 5 heteroatoms. The molecule has 3 aromatic rings. The lowest BCUT2D eigenvalue weighted by Crippen LogP contribution is -2.12. The summed E-state index contributed by atoms with van der Waals surface area (Å²) in [5.41, 5.74) is 2.37. The monoisotopic (exact) mass is 339 g/mol. The Balaban J connectivity index is 2.24. The van der Waals surface area contributed by atoms with Gasteiger partial charge in [-0.25, -0.2) is 8.42 Å². The van der Waals surface area contributed by atoms with Crippen LogP contribution in [0.2, 0.25) is 0 Å². The van der Waals surface area contributed by atoms with Gasteiger partial charge in [0.05, 0.1) is 4.90 Å². The fraction of sp³-hybridized carbons (Fsp3) is 0.105. The summed E-state index contributed by atoms with van der Waals surface area (Å²) in [6.45, 7) is 0. The summed E-state index contributed by atoms with van der Waals surface area (Å²) in [5.74, 6) is 0. The molecule has 0 aliphatic rings. The molecule has 0 amide bonds. The number of pyridine rings is 1. The molecule has 0 saturated heterocycles. The molecular weight excluding hydrogens is 322 g/mol. The van der Waals surface area contributed by atoms with Crippen LogP contribution in [0.3, 0.4) is 0 Å². The van der Waals surface area contributed by atoms with Gasteiger partial charge in [0.1, 0.15) is 0 Å². The second-order valence-corrected chi connectivity index (χ2v) is 7.76. The molecule has 0 fully saturated rings. The normalized spacial score (nSPS) is 11.4. The molecule has 0 aliphatic heterocycles. The van der Waals surface area contributed by atoms with Gasteiger partial charge in [-0.3, -0.25) is 4.79 Å². The van der Waals surface area contributed by atoms with Gasteiger partial charge in [-0.1, -0.05) is 42.5 Å². The highest BCUT2D eigenvalue weighted by Gasteiger charge is 2.13. The molecule has 2 aromatic carbocycles. The molecule has 0 N–H and O–H groups in total. The first-order valence-electron chi connectivity index (χ1n) is 7.42. The zero-order chi connectivity index (χ0) is 17.3. The summed E-state index contributed by atoms with van der Waals surface area (Å²) in [6.07, 6.45) is 4.66. The number of aryl methyl sites for hydroxylation is 1. The number of benzene rings is 2. The second kappa shape index (κ2) is 6.09. The van der Waals surface area contributed by atoms with Crippen LogP contribution in [-0.4, -0.2) is 19.2 Å². The van der Waals surface area contributed by atoms with Crippen molar-refractivity contribution in [2.24, 2.45) is 7.05 Å². The molecule has 1 heterocycles. The van der Waals surface area contributed by atoms with Gasteiger partial charge in [-0.05, 0) is 23.3 Å². The van der Waals surface area contributed by atoms with Crippen molar-refractivity contribution in [3.8, 4) is 22.3 Å². The van der Waals surface area contributed by atoms with Crippen molar-refractivity contribution in [2.45, 2.75) is 4.90 Å². The maximum atomic E-state index is 12.9. The van der Waals surface area contributed by atoms with Crippen LogP contribution in [0.25, 0.3) is 22.3 Å². The number of sulfone groups is 1. The smallest absolute Gasteiger partial charge is 0.197 e. The Morgan fingerprint density at radius 3 is 2.04 bits per heavy atom. The third kappa shape index (κ3) is 3.16. The Morgan fingerprint density at radius 2 is 1.42 bits per heavy atom. The molecule has 3 rings (SSSR count). The highest BCUT2D eigenvalue weighted by atomic mass is 32.2. The summed E-state index contributed by atoms with van der Waals surface area (Å²) in [5, 5.41) is 0. The van der Waals surface area contributed by atoms with Crippen LogP contribution in [0, 0.1) is 0 Å². The fourth-order valence-corrected chi connectivity index (χ4v) is 3.30. The number of nitrogens with zero attached hydrogens (tertiary/aromatic N) is 1. The van der Waals surface area contributed by atoms with E-state index >= 15 is 0 Å². The van der Waals surface area contributed by atoms with E-state index in [1.54, 1.807) is 30.6 Å². The first-order chi connectivity index (χ1) is 11.4. The maximum absolute atomic E-state index is 12.9. The summed E-state index contributed by atoms with van der Waals surface area (Å²) >= 11 is 0. The topological polar surface area (TPSA) is 56.1 Å². The standard InChI is InChI=1S/C19H17NO3S/c1-20-12-17(14-7-4-3-5-8-14)19(21)18(13-20)15-9-6-10-16(11-15)24(2,22)23/h3-13H,1-2H3. The SMILES string of the molecule is Cn1cc(-c2ccccc2)c(=O)c(-c2cccc(S(C)(=O)=O)c2)c1. The van der Waals surface area contributed by atoms with E-state index in [1.165, 1.54) is 6.07 Å². The van der Waals surface area contributed by atoms with Gasteiger partial charge in [-0.2, -0.15) is 0 Å². The molecule has 4 nitrogen and oxygen atoms in total. The lowest BCUT2D eigenvalue weighted by Gasteiger charge is -2.10. The Labute approximate surface area is 140 Å². The van der Waals surface area contributed by atoms with Gasteiger partial charge in [0.2, 0.25) is 0 Å². The van der Waals surface area contributed by atoms with E-state index < -0.39 is 9.84 Å². The summed E-state index contributed by atoms with van der Waals surface area (Å²) in [4.78, 5) is 13.1. The van der Waals surface area contributed by atoms with Crippen LogP contribution in [0.4, 0.5) is 0 Å². The van der Waals surface area contributed by atoms with E-state index in [1.807, 2.05) is 41.9 Å². The minimum atomic E-state index is -3.33. The van der Waals surface area contributed by atoms with Crippen molar-refractivity contribution in [3.63, 3.8) is 0 Å². The van der Waals surface area contributed by atoms with Crippen molar-refractivity contribution < 1.29 is 8.42 Å². The average molecular weight is 339 g/mol. The third-order valence-electron chi connectivity index (χ3n) is 3.81. The molecule has 0 atom stereocenters.